The molecule has 1 aromatic carbocycles. The molecule has 1 saturated carbocycles. The number of rotatable bonds is 14. The van der Waals surface area contributed by atoms with Crippen molar-refractivity contribution in [1.82, 2.24) is 4.98 Å². The van der Waals surface area contributed by atoms with Gasteiger partial charge in [0.15, 0.2) is 11.4 Å². The highest BCUT2D eigenvalue weighted by atomic mass is 16.5. The van der Waals surface area contributed by atoms with Crippen LogP contribution in [0.4, 0.5) is 0 Å². The third-order valence-corrected chi connectivity index (χ3v) is 7.24. The predicted octanol–water partition coefficient (Wildman–Crippen LogP) is 6.05. The molecule has 2 aromatic rings. The summed E-state index contributed by atoms with van der Waals surface area (Å²) in [6.45, 7) is 2.78. The summed E-state index contributed by atoms with van der Waals surface area (Å²) in [5.74, 6) is 1.47. The molecule has 33 heavy (non-hydrogen) atoms. The highest BCUT2D eigenvalue weighted by Gasteiger charge is 2.44. The maximum absolute atomic E-state index is 12.0. The van der Waals surface area contributed by atoms with Crippen LogP contribution in [0.3, 0.4) is 0 Å². The van der Waals surface area contributed by atoms with Crippen molar-refractivity contribution in [3.8, 4) is 0 Å². The average Bonchev–Trinajstić information content (AvgIpc) is 3.29. The van der Waals surface area contributed by atoms with Gasteiger partial charge in [0.05, 0.1) is 26.8 Å². The number of aliphatic hydroxyl groups is 1. The maximum Gasteiger partial charge on any atom is 0.231 e. The fourth-order valence-electron chi connectivity index (χ4n) is 5.30. The highest BCUT2D eigenvalue weighted by Crippen LogP contribution is 2.43. The summed E-state index contributed by atoms with van der Waals surface area (Å²) in [5.41, 5.74) is -0.260. The minimum Gasteiger partial charge on any atom is -0.436 e. The van der Waals surface area contributed by atoms with Crippen LogP contribution in [0.25, 0.3) is 0 Å². The van der Waals surface area contributed by atoms with Crippen molar-refractivity contribution in [3.05, 3.63) is 53.7 Å². The zero-order valence-electron chi connectivity index (χ0n) is 21.1. The van der Waals surface area contributed by atoms with Crippen molar-refractivity contribution >= 4 is 0 Å². The molecule has 0 saturated heterocycles. The van der Waals surface area contributed by atoms with E-state index >= 15 is 0 Å². The van der Waals surface area contributed by atoms with Gasteiger partial charge in [-0.05, 0) is 37.7 Å². The lowest BCUT2D eigenvalue weighted by Gasteiger charge is -2.36. The quantitative estimate of drug-likeness (QED) is 0.277. The second kappa shape index (κ2) is 12.7. The number of unbranched alkanes of at least 4 members (excludes halogenated alkanes) is 5. The molecular formula is C28H45N2O3+. The van der Waals surface area contributed by atoms with Crippen LogP contribution in [0.2, 0.25) is 0 Å². The van der Waals surface area contributed by atoms with Crippen LogP contribution in [0.5, 0.6) is 0 Å². The van der Waals surface area contributed by atoms with E-state index < -0.39 is 5.60 Å². The van der Waals surface area contributed by atoms with Gasteiger partial charge < -0.3 is 18.7 Å². The third-order valence-electron chi connectivity index (χ3n) is 7.24. The number of quaternary nitrogens is 1. The van der Waals surface area contributed by atoms with E-state index in [0.29, 0.717) is 5.89 Å². The van der Waals surface area contributed by atoms with Gasteiger partial charge in [-0.25, -0.2) is 4.98 Å². The van der Waals surface area contributed by atoms with Gasteiger partial charge in [-0.1, -0.05) is 68.9 Å². The molecule has 1 aliphatic carbocycles. The van der Waals surface area contributed by atoms with Gasteiger partial charge in [-0.3, -0.25) is 0 Å². The lowest BCUT2D eigenvalue weighted by atomic mass is 9.73. The molecule has 0 amide bonds. The molecule has 5 nitrogen and oxygen atoms in total. The molecule has 0 radical (unpaired) electrons. The fourth-order valence-corrected chi connectivity index (χ4v) is 5.30. The van der Waals surface area contributed by atoms with E-state index in [4.69, 9.17) is 9.15 Å². The molecule has 1 atom stereocenters. The van der Waals surface area contributed by atoms with Gasteiger partial charge in [0.25, 0.3) is 0 Å². The lowest BCUT2D eigenvalue weighted by Crippen LogP contribution is -2.39. The third kappa shape index (κ3) is 7.40. The van der Waals surface area contributed by atoms with Crippen molar-refractivity contribution in [3.63, 3.8) is 0 Å². The molecule has 0 aliphatic heterocycles. The molecular weight excluding hydrogens is 412 g/mol. The summed E-state index contributed by atoms with van der Waals surface area (Å²) in [7, 11) is 6.28. The molecule has 1 N–H and O–H groups in total. The summed E-state index contributed by atoms with van der Waals surface area (Å²) in [4.78, 5) is 4.63. The zero-order chi connectivity index (χ0) is 23.6. The Balaban J connectivity index is 1.59. The first-order valence-electron chi connectivity index (χ1n) is 13.0. The summed E-state index contributed by atoms with van der Waals surface area (Å²) >= 11 is 0. The molecule has 1 heterocycles. The molecule has 1 aliphatic rings. The Hall–Kier alpha value is -1.69. The first-order valence-corrected chi connectivity index (χ1v) is 13.0. The van der Waals surface area contributed by atoms with E-state index in [0.717, 1.165) is 61.2 Å². The van der Waals surface area contributed by atoms with Gasteiger partial charge in [-0.2, -0.15) is 0 Å². The Morgan fingerprint density at radius 3 is 2.36 bits per heavy atom. The number of hydrogen-bond acceptors (Lipinski definition) is 4. The second-order valence-electron chi connectivity index (χ2n) is 10.5. The summed E-state index contributed by atoms with van der Waals surface area (Å²) in [5, 5.41) is 12.0. The lowest BCUT2D eigenvalue weighted by molar-refractivity contribution is -0.904. The predicted molar refractivity (Wildman–Crippen MR) is 133 cm³/mol. The standard InChI is InChI=1S/C28H45N2O3/c1-30(2,20-14-6-4-5-7-15-21-32-3)23-26-22-29-27(33-26)28(31,24-16-10-8-11-17-24)25-18-12-9-13-19-25/h8,10-11,16-17,22,25,31H,4-7,9,12-15,18-21,23H2,1-3H3/q+1. The molecule has 0 spiro atoms. The Morgan fingerprint density at radius 2 is 1.67 bits per heavy atom. The first kappa shape index (κ1) is 25.9. The topological polar surface area (TPSA) is 55.5 Å². The number of benzene rings is 1. The van der Waals surface area contributed by atoms with Crippen LogP contribution in [-0.4, -0.2) is 48.9 Å². The molecule has 5 heteroatoms. The Labute approximate surface area is 200 Å². The monoisotopic (exact) mass is 457 g/mol. The zero-order valence-corrected chi connectivity index (χ0v) is 21.1. The van der Waals surface area contributed by atoms with E-state index in [1.807, 2.05) is 36.5 Å². The smallest absolute Gasteiger partial charge is 0.231 e. The SMILES string of the molecule is COCCCCCCCC[N+](C)(C)Cc1cnc(C(O)(c2ccccc2)C2CCCCC2)o1. The van der Waals surface area contributed by atoms with Gasteiger partial charge >= 0.3 is 0 Å². The van der Waals surface area contributed by atoms with Crippen LogP contribution >= 0.6 is 0 Å². The van der Waals surface area contributed by atoms with Crippen LogP contribution in [0, 0.1) is 5.92 Å². The summed E-state index contributed by atoms with van der Waals surface area (Å²) in [6, 6.07) is 9.99. The molecule has 1 unspecified atom stereocenters. The van der Waals surface area contributed by atoms with Crippen molar-refractivity contribution in [1.29, 1.82) is 0 Å². The van der Waals surface area contributed by atoms with E-state index in [1.54, 1.807) is 7.11 Å². The van der Waals surface area contributed by atoms with E-state index in [-0.39, 0.29) is 5.92 Å². The van der Waals surface area contributed by atoms with Crippen LogP contribution in [0.1, 0.15) is 87.8 Å². The molecule has 1 aromatic heterocycles. The van der Waals surface area contributed by atoms with Crippen molar-refractivity contribution in [2.75, 3.05) is 34.4 Å². The van der Waals surface area contributed by atoms with Crippen molar-refractivity contribution in [2.45, 2.75) is 82.8 Å². The minimum absolute atomic E-state index is 0.145. The van der Waals surface area contributed by atoms with Gasteiger partial charge in [0.1, 0.15) is 6.54 Å². The maximum atomic E-state index is 12.0. The minimum atomic E-state index is -1.15. The Kier molecular flexibility index (Phi) is 9.96. The number of ether oxygens (including phenoxy) is 1. The van der Waals surface area contributed by atoms with Crippen LogP contribution < -0.4 is 0 Å². The Morgan fingerprint density at radius 1 is 1.00 bits per heavy atom. The number of hydrogen-bond donors (Lipinski definition) is 1. The summed E-state index contributed by atoms with van der Waals surface area (Å²) in [6.07, 6.45) is 14.9. The van der Waals surface area contributed by atoms with Crippen LogP contribution in [0.15, 0.2) is 40.9 Å². The normalized spacial score (nSPS) is 17.2. The largest absolute Gasteiger partial charge is 0.436 e. The molecule has 0 bridgehead atoms. The molecule has 3 rings (SSSR count). The molecule has 1 fully saturated rings. The highest BCUT2D eigenvalue weighted by molar-refractivity contribution is 5.30. The van der Waals surface area contributed by atoms with E-state index in [1.165, 1.54) is 44.9 Å². The number of nitrogens with zero attached hydrogens (tertiary/aromatic N) is 2. The van der Waals surface area contributed by atoms with Crippen molar-refractivity contribution < 1.29 is 18.7 Å². The summed E-state index contributed by atoms with van der Waals surface area (Å²) < 4.78 is 12.3. The number of oxazole rings is 1. The number of methoxy groups -OCH3 is 1. The van der Waals surface area contributed by atoms with Gasteiger partial charge in [0.2, 0.25) is 5.89 Å². The number of aromatic nitrogens is 1. The van der Waals surface area contributed by atoms with Crippen LogP contribution in [-0.2, 0) is 16.9 Å². The molecule has 184 valence electrons. The van der Waals surface area contributed by atoms with Gasteiger partial charge in [-0.15, -0.1) is 0 Å². The van der Waals surface area contributed by atoms with E-state index in [9.17, 15) is 5.11 Å². The van der Waals surface area contributed by atoms with E-state index in [2.05, 4.69) is 19.1 Å². The Bertz CT molecular complexity index is 798. The average molecular weight is 458 g/mol. The fraction of sp³-hybridized carbons (Fsp3) is 0.679. The van der Waals surface area contributed by atoms with Gasteiger partial charge in [0, 0.05) is 19.6 Å². The second-order valence-corrected chi connectivity index (χ2v) is 10.5. The van der Waals surface area contributed by atoms with Crippen molar-refractivity contribution in [2.24, 2.45) is 5.92 Å². The first-order chi connectivity index (χ1) is 16.0.